The lowest BCUT2D eigenvalue weighted by Gasteiger charge is -2.12. The second kappa shape index (κ2) is 5.98. The lowest BCUT2D eigenvalue weighted by molar-refractivity contribution is -0.145. The standard InChI is InChI=1S/C16H13F3N4OS/c1-8(13-21-12(23-24-13)9-6-7-9)25-14-10-4-2-3-5-11(10)20-15(22-14)16(17,18)19/h2-5,8-9H,6-7H2,1H3. The molecule has 0 N–H and O–H groups in total. The van der Waals surface area contributed by atoms with Crippen LogP contribution in [0, 0.1) is 0 Å². The molecule has 0 bridgehead atoms. The molecule has 1 aliphatic carbocycles. The molecule has 4 rings (SSSR count). The van der Waals surface area contributed by atoms with Gasteiger partial charge < -0.3 is 4.52 Å². The normalized spacial score (nSPS) is 16.3. The molecule has 2 heterocycles. The molecule has 0 amide bonds. The van der Waals surface area contributed by atoms with E-state index in [1.807, 2.05) is 0 Å². The van der Waals surface area contributed by atoms with Crippen LogP contribution in [0.3, 0.4) is 0 Å². The zero-order valence-electron chi connectivity index (χ0n) is 13.1. The number of rotatable bonds is 4. The van der Waals surface area contributed by atoms with Gasteiger partial charge in [0.25, 0.3) is 0 Å². The van der Waals surface area contributed by atoms with E-state index < -0.39 is 12.0 Å². The van der Waals surface area contributed by atoms with Gasteiger partial charge in [-0.15, -0.1) is 0 Å². The number of nitrogens with zero attached hydrogens (tertiary/aromatic N) is 4. The van der Waals surface area contributed by atoms with Crippen LogP contribution in [-0.2, 0) is 6.18 Å². The Labute approximate surface area is 145 Å². The SMILES string of the molecule is CC(Sc1nc(C(F)(F)F)nc2ccccc12)c1nc(C2CC2)no1. The number of thioether (sulfide) groups is 1. The lowest BCUT2D eigenvalue weighted by atomic mass is 10.2. The Morgan fingerprint density at radius 3 is 2.64 bits per heavy atom. The number of aromatic nitrogens is 4. The van der Waals surface area contributed by atoms with Crippen molar-refractivity contribution in [1.29, 1.82) is 0 Å². The monoisotopic (exact) mass is 366 g/mol. The summed E-state index contributed by atoms with van der Waals surface area (Å²) < 4.78 is 44.5. The summed E-state index contributed by atoms with van der Waals surface area (Å²) >= 11 is 1.15. The average molecular weight is 366 g/mol. The molecule has 9 heteroatoms. The van der Waals surface area contributed by atoms with Crippen LogP contribution < -0.4 is 0 Å². The maximum atomic E-state index is 13.1. The quantitative estimate of drug-likeness (QED) is 0.490. The van der Waals surface area contributed by atoms with Gasteiger partial charge in [-0.05, 0) is 25.8 Å². The number of benzene rings is 1. The molecule has 0 aliphatic heterocycles. The van der Waals surface area contributed by atoms with Crippen molar-refractivity contribution in [2.75, 3.05) is 0 Å². The van der Waals surface area contributed by atoms with Gasteiger partial charge in [0.05, 0.1) is 10.8 Å². The first-order chi connectivity index (χ1) is 11.9. The summed E-state index contributed by atoms with van der Waals surface area (Å²) in [6, 6.07) is 6.63. The van der Waals surface area contributed by atoms with E-state index in [1.165, 1.54) is 0 Å². The van der Waals surface area contributed by atoms with Crippen molar-refractivity contribution >= 4 is 22.7 Å². The summed E-state index contributed by atoms with van der Waals surface area (Å²) in [6.07, 6.45) is -2.51. The van der Waals surface area contributed by atoms with Crippen molar-refractivity contribution < 1.29 is 17.7 Å². The van der Waals surface area contributed by atoms with Gasteiger partial charge in [0.2, 0.25) is 11.7 Å². The van der Waals surface area contributed by atoms with Crippen molar-refractivity contribution in [3.63, 3.8) is 0 Å². The highest BCUT2D eigenvalue weighted by atomic mass is 32.2. The first-order valence-electron chi connectivity index (χ1n) is 7.76. The van der Waals surface area contributed by atoms with Crippen molar-refractivity contribution in [3.05, 3.63) is 41.8 Å². The fourth-order valence-corrected chi connectivity index (χ4v) is 3.37. The van der Waals surface area contributed by atoms with E-state index in [2.05, 4.69) is 20.1 Å². The first-order valence-corrected chi connectivity index (χ1v) is 8.64. The van der Waals surface area contributed by atoms with Crippen LogP contribution in [0.15, 0.2) is 33.8 Å². The summed E-state index contributed by atoms with van der Waals surface area (Å²) in [7, 11) is 0. The van der Waals surface area contributed by atoms with Crippen molar-refractivity contribution in [3.8, 4) is 0 Å². The molecule has 25 heavy (non-hydrogen) atoms. The molecule has 130 valence electrons. The van der Waals surface area contributed by atoms with E-state index in [0.717, 1.165) is 24.6 Å². The molecule has 5 nitrogen and oxygen atoms in total. The summed E-state index contributed by atoms with van der Waals surface area (Å²) in [5.74, 6) is 0.269. The molecular formula is C16H13F3N4OS. The lowest BCUT2D eigenvalue weighted by Crippen LogP contribution is -2.12. The van der Waals surface area contributed by atoms with E-state index in [-0.39, 0.29) is 15.8 Å². The number of fused-ring (bicyclic) bond motifs is 1. The Balaban J connectivity index is 1.69. The maximum absolute atomic E-state index is 13.1. The van der Waals surface area contributed by atoms with E-state index >= 15 is 0 Å². The minimum Gasteiger partial charge on any atom is -0.338 e. The van der Waals surface area contributed by atoms with Gasteiger partial charge in [-0.3, -0.25) is 0 Å². The van der Waals surface area contributed by atoms with Crippen LogP contribution in [0.2, 0.25) is 0 Å². The van der Waals surface area contributed by atoms with Gasteiger partial charge >= 0.3 is 6.18 Å². The average Bonchev–Trinajstić information content (AvgIpc) is 3.30. The maximum Gasteiger partial charge on any atom is 0.451 e. The van der Waals surface area contributed by atoms with Gasteiger partial charge in [-0.2, -0.15) is 18.2 Å². The molecule has 3 aromatic rings. The van der Waals surface area contributed by atoms with E-state index in [0.29, 0.717) is 23.0 Å². The van der Waals surface area contributed by atoms with E-state index in [4.69, 9.17) is 4.52 Å². The van der Waals surface area contributed by atoms with Crippen LogP contribution in [-0.4, -0.2) is 20.1 Å². The molecule has 1 atom stereocenters. The van der Waals surface area contributed by atoms with Crippen LogP contribution in [0.25, 0.3) is 10.9 Å². The fourth-order valence-electron chi connectivity index (χ4n) is 2.40. The van der Waals surface area contributed by atoms with Gasteiger partial charge in [-0.1, -0.05) is 35.1 Å². The third-order valence-corrected chi connectivity index (χ3v) is 4.95. The van der Waals surface area contributed by atoms with Gasteiger partial charge in [0, 0.05) is 11.3 Å². The number of halogens is 3. The Kier molecular flexibility index (Phi) is 3.90. The minimum absolute atomic E-state index is 0.247. The summed E-state index contributed by atoms with van der Waals surface area (Å²) in [5, 5.41) is 4.44. The van der Waals surface area contributed by atoms with E-state index in [1.54, 1.807) is 31.2 Å². The third-order valence-electron chi connectivity index (χ3n) is 3.86. The van der Waals surface area contributed by atoms with Crippen LogP contribution in [0.1, 0.15) is 48.5 Å². The predicted molar refractivity (Wildman–Crippen MR) is 85.1 cm³/mol. The molecule has 1 fully saturated rings. The third kappa shape index (κ3) is 3.33. The van der Waals surface area contributed by atoms with Gasteiger partial charge in [0.1, 0.15) is 5.03 Å². The van der Waals surface area contributed by atoms with E-state index in [9.17, 15) is 13.2 Å². The molecule has 0 spiro atoms. The van der Waals surface area contributed by atoms with Crippen LogP contribution >= 0.6 is 11.8 Å². The summed E-state index contributed by atoms with van der Waals surface area (Å²) in [4.78, 5) is 11.7. The highest BCUT2D eigenvalue weighted by Crippen LogP contribution is 2.41. The highest BCUT2D eigenvalue weighted by molar-refractivity contribution is 7.99. The summed E-state index contributed by atoms with van der Waals surface area (Å²) in [5.41, 5.74) is 0.253. The molecule has 0 radical (unpaired) electrons. The Bertz CT molecular complexity index is 923. The van der Waals surface area contributed by atoms with Crippen molar-refractivity contribution in [1.82, 2.24) is 20.1 Å². The zero-order valence-corrected chi connectivity index (χ0v) is 13.9. The van der Waals surface area contributed by atoms with Crippen LogP contribution in [0.5, 0.6) is 0 Å². The molecule has 1 aliphatic rings. The number of hydrogen-bond acceptors (Lipinski definition) is 6. The highest BCUT2D eigenvalue weighted by Gasteiger charge is 2.36. The molecule has 1 saturated carbocycles. The second-order valence-corrected chi connectivity index (χ2v) is 7.22. The second-order valence-electron chi connectivity index (χ2n) is 5.89. The van der Waals surface area contributed by atoms with Gasteiger partial charge in [-0.25, -0.2) is 9.97 Å². The van der Waals surface area contributed by atoms with Crippen molar-refractivity contribution in [2.45, 2.75) is 42.1 Å². The minimum atomic E-state index is -4.60. The Hall–Kier alpha value is -2.16. The van der Waals surface area contributed by atoms with Crippen LogP contribution in [0.4, 0.5) is 13.2 Å². The molecule has 0 saturated heterocycles. The van der Waals surface area contributed by atoms with Gasteiger partial charge in [0.15, 0.2) is 5.82 Å². The fraction of sp³-hybridized carbons (Fsp3) is 0.375. The largest absolute Gasteiger partial charge is 0.451 e. The number of alkyl halides is 3. The number of para-hydroxylation sites is 1. The Morgan fingerprint density at radius 1 is 1.16 bits per heavy atom. The first kappa shape index (κ1) is 16.3. The molecule has 2 aromatic heterocycles. The van der Waals surface area contributed by atoms with Crippen molar-refractivity contribution in [2.24, 2.45) is 0 Å². The zero-order chi connectivity index (χ0) is 17.6. The molecule has 1 unspecified atom stereocenters. The molecule has 1 aromatic carbocycles. The molecular weight excluding hydrogens is 353 g/mol. The number of hydrogen-bond donors (Lipinski definition) is 0. The Morgan fingerprint density at radius 2 is 1.92 bits per heavy atom. The topological polar surface area (TPSA) is 64.7 Å². The smallest absolute Gasteiger partial charge is 0.338 e. The summed E-state index contributed by atoms with van der Waals surface area (Å²) in [6.45, 7) is 1.80. The predicted octanol–water partition coefficient (Wildman–Crippen LogP) is 4.76.